The highest BCUT2D eigenvalue weighted by Crippen LogP contribution is 2.43. The van der Waals surface area contributed by atoms with Crippen molar-refractivity contribution >= 4 is 9.84 Å². The van der Waals surface area contributed by atoms with E-state index in [1.165, 1.54) is 6.26 Å². The molecule has 0 aliphatic rings. The first-order valence-electron chi connectivity index (χ1n) is 8.53. The van der Waals surface area contributed by atoms with E-state index in [4.69, 9.17) is 9.47 Å². The Hall–Kier alpha value is -2.63. The number of rotatable bonds is 7. The molecule has 0 heterocycles. The van der Waals surface area contributed by atoms with Gasteiger partial charge < -0.3 is 9.47 Å². The molecule has 3 aromatic carbocycles. The number of sulfone groups is 1. The van der Waals surface area contributed by atoms with Crippen LogP contribution in [0.3, 0.4) is 0 Å². The highest BCUT2D eigenvalue weighted by Gasteiger charge is 2.45. The molecule has 0 aliphatic heterocycles. The minimum absolute atomic E-state index is 0.133. The fraction of sp³-hybridized carbons (Fsp3) is 0.182. The second-order valence-electron chi connectivity index (χ2n) is 6.26. The monoisotopic (exact) mass is 382 g/mol. The molecule has 0 saturated heterocycles. The van der Waals surface area contributed by atoms with Crippen molar-refractivity contribution in [2.45, 2.75) is 4.75 Å². The molecule has 3 aromatic rings. The zero-order valence-electron chi connectivity index (χ0n) is 15.3. The van der Waals surface area contributed by atoms with E-state index in [1.807, 2.05) is 60.7 Å². The summed E-state index contributed by atoms with van der Waals surface area (Å²) in [4.78, 5) is 0. The predicted octanol–water partition coefficient (Wildman–Crippen LogP) is 4.01. The highest BCUT2D eigenvalue weighted by atomic mass is 32.2. The zero-order chi connectivity index (χ0) is 19.3. The maximum Gasteiger partial charge on any atom is 0.188 e. The van der Waals surface area contributed by atoms with Crippen LogP contribution in [0.4, 0.5) is 0 Å². The quantitative estimate of drug-likeness (QED) is 0.458. The van der Waals surface area contributed by atoms with Crippen molar-refractivity contribution in [2.24, 2.45) is 0 Å². The van der Waals surface area contributed by atoms with Gasteiger partial charge in [-0.2, -0.15) is 0 Å². The van der Waals surface area contributed by atoms with Crippen LogP contribution in [0.15, 0.2) is 84.9 Å². The van der Waals surface area contributed by atoms with Gasteiger partial charge >= 0.3 is 0 Å². The first-order chi connectivity index (χ1) is 13.0. The third-order valence-electron chi connectivity index (χ3n) is 4.52. The predicted molar refractivity (Wildman–Crippen MR) is 107 cm³/mol. The summed E-state index contributed by atoms with van der Waals surface area (Å²) >= 11 is 0. The molecule has 5 heteroatoms. The molecule has 0 amide bonds. The average molecular weight is 382 g/mol. The van der Waals surface area contributed by atoms with Crippen LogP contribution in [0.25, 0.3) is 0 Å². The number of hydrogen-bond donors (Lipinski definition) is 0. The molecule has 0 aromatic heterocycles. The first kappa shape index (κ1) is 19.1. The average Bonchev–Trinajstić information content (AvgIpc) is 2.68. The van der Waals surface area contributed by atoms with E-state index in [1.54, 1.807) is 31.4 Å². The van der Waals surface area contributed by atoms with Crippen LogP contribution < -0.4 is 4.74 Å². The lowest BCUT2D eigenvalue weighted by molar-refractivity contribution is 0.0511. The van der Waals surface area contributed by atoms with Crippen molar-refractivity contribution in [1.82, 2.24) is 0 Å². The van der Waals surface area contributed by atoms with E-state index >= 15 is 0 Å². The number of ether oxygens (including phenoxy) is 2. The van der Waals surface area contributed by atoms with Gasteiger partial charge in [0.05, 0.1) is 0 Å². The lowest BCUT2D eigenvalue weighted by Crippen LogP contribution is -2.37. The molecule has 0 bridgehead atoms. The van der Waals surface area contributed by atoms with Gasteiger partial charge in [0.1, 0.15) is 10.5 Å². The van der Waals surface area contributed by atoms with E-state index in [0.717, 1.165) is 0 Å². The molecule has 4 nitrogen and oxygen atoms in total. The van der Waals surface area contributed by atoms with Gasteiger partial charge in [0, 0.05) is 13.4 Å². The van der Waals surface area contributed by atoms with Crippen LogP contribution in [0.5, 0.6) is 5.75 Å². The molecule has 0 aliphatic carbocycles. The Morgan fingerprint density at radius 3 is 1.59 bits per heavy atom. The second kappa shape index (κ2) is 7.94. The highest BCUT2D eigenvalue weighted by molar-refractivity contribution is 7.92. The van der Waals surface area contributed by atoms with Crippen LogP contribution >= 0.6 is 0 Å². The van der Waals surface area contributed by atoms with E-state index in [0.29, 0.717) is 22.4 Å². The molecule has 0 atom stereocenters. The Bertz CT molecular complexity index is 926. The van der Waals surface area contributed by atoms with Gasteiger partial charge in [0.25, 0.3) is 0 Å². The van der Waals surface area contributed by atoms with Crippen LogP contribution in [-0.4, -0.2) is 28.6 Å². The molecule has 0 spiro atoms. The Labute approximate surface area is 160 Å². The summed E-state index contributed by atoms with van der Waals surface area (Å²) in [7, 11) is -2.03. The summed E-state index contributed by atoms with van der Waals surface area (Å²) in [6.07, 6.45) is 1.28. The summed E-state index contributed by atoms with van der Waals surface area (Å²) in [6, 6.07) is 25.7. The summed E-state index contributed by atoms with van der Waals surface area (Å²) in [5.74, 6) is 0.615. The Morgan fingerprint density at radius 2 is 1.19 bits per heavy atom. The third-order valence-corrected chi connectivity index (χ3v) is 6.34. The standard InChI is InChI=1S/C22H22O4S/c1-25-17-26-21-15-13-20(14-16-21)22(27(2,23)24,18-9-5-3-6-10-18)19-11-7-4-8-12-19/h3-16H,17H2,1-2H3. The Kier molecular flexibility index (Phi) is 5.63. The normalized spacial score (nSPS) is 11.9. The van der Waals surface area contributed by atoms with E-state index < -0.39 is 14.6 Å². The fourth-order valence-electron chi connectivity index (χ4n) is 3.40. The maximum absolute atomic E-state index is 13.3. The molecule has 0 radical (unpaired) electrons. The summed E-state index contributed by atoms with van der Waals surface area (Å²) in [6.45, 7) is 0.133. The molecular formula is C22H22O4S. The number of methoxy groups -OCH3 is 1. The summed E-state index contributed by atoms with van der Waals surface area (Å²) < 4.78 is 35.6. The smallest absolute Gasteiger partial charge is 0.188 e. The van der Waals surface area contributed by atoms with E-state index in [-0.39, 0.29) is 6.79 Å². The maximum atomic E-state index is 13.3. The van der Waals surface area contributed by atoms with Gasteiger partial charge in [-0.3, -0.25) is 0 Å². The molecule has 27 heavy (non-hydrogen) atoms. The second-order valence-corrected chi connectivity index (χ2v) is 8.42. The van der Waals surface area contributed by atoms with Crippen molar-refractivity contribution in [1.29, 1.82) is 0 Å². The zero-order valence-corrected chi connectivity index (χ0v) is 16.1. The number of benzene rings is 3. The minimum atomic E-state index is -3.58. The van der Waals surface area contributed by atoms with E-state index in [9.17, 15) is 8.42 Å². The molecular weight excluding hydrogens is 360 g/mol. The Balaban J connectivity index is 2.27. The third kappa shape index (κ3) is 3.61. The van der Waals surface area contributed by atoms with Crippen molar-refractivity contribution in [2.75, 3.05) is 20.2 Å². The van der Waals surface area contributed by atoms with Crippen molar-refractivity contribution in [3.05, 3.63) is 102 Å². The van der Waals surface area contributed by atoms with Gasteiger partial charge in [-0.15, -0.1) is 0 Å². The summed E-state index contributed by atoms with van der Waals surface area (Å²) in [5.41, 5.74) is 2.06. The van der Waals surface area contributed by atoms with Crippen LogP contribution in [0.2, 0.25) is 0 Å². The van der Waals surface area contributed by atoms with Gasteiger partial charge in [-0.05, 0) is 28.8 Å². The number of hydrogen-bond acceptors (Lipinski definition) is 4. The largest absolute Gasteiger partial charge is 0.468 e. The van der Waals surface area contributed by atoms with Crippen molar-refractivity contribution < 1.29 is 17.9 Å². The molecule has 140 valence electrons. The molecule has 0 unspecified atom stereocenters. The lowest BCUT2D eigenvalue weighted by atomic mass is 9.84. The Morgan fingerprint density at radius 1 is 0.741 bits per heavy atom. The SMILES string of the molecule is COCOc1ccc(C(c2ccccc2)(c2ccccc2)S(C)(=O)=O)cc1. The molecule has 0 fully saturated rings. The van der Waals surface area contributed by atoms with Gasteiger partial charge in [-0.1, -0.05) is 72.8 Å². The summed E-state index contributed by atoms with van der Waals surface area (Å²) in [5, 5.41) is 0. The topological polar surface area (TPSA) is 52.6 Å². The van der Waals surface area contributed by atoms with E-state index in [2.05, 4.69) is 0 Å². The van der Waals surface area contributed by atoms with Crippen molar-refractivity contribution in [3.63, 3.8) is 0 Å². The first-order valence-corrected chi connectivity index (χ1v) is 10.4. The molecule has 0 N–H and O–H groups in total. The van der Waals surface area contributed by atoms with Gasteiger partial charge in [0.15, 0.2) is 16.6 Å². The minimum Gasteiger partial charge on any atom is -0.468 e. The van der Waals surface area contributed by atoms with Gasteiger partial charge in [0.2, 0.25) is 0 Å². The van der Waals surface area contributed by atoms with Crippen molar-refractivity contribution in [3.8, 4) is 5.75 Å². The molecule has 0 saturated carbocycles. The van der Waals surface area contributed by atoms with Gasteiger partial charge in [-0.25, -0.2) is 8.42 Å². The lowest BCUT2D eigenvalue weighted by Gasteiger charge is -2.34. The fourth-order valence-corrected chi connectivity index (χ4v) is 5.09. The van der Waals surface area contributed by atoms with Crippen LogP contribution in [0, 0.1) is 0 Å². The van der Waals surface area contributed by atoms with Crippen LogP contribution in [0.1, 0.15) is 16.7 Å². The molecule has 3 rings (SSSR count). The van der Waals surface area contributed by atoms with Crippen LogP contribution in [-0.2, 0) is 19.3 Å².